The lowest BCUT2D eigenvalue weighted by molar-refractivity contribution is 0.0982. The molecule has 0 atom stereocenters. The predicted molar refractivity (Wildman–Crippen MR) is 70.6 cm³/mol. The van der Waals surface area contributed by atoms with Crippen LogP contribution in [0, 0.1) is 0 Å². The zero-order valence-corrected chi connectivity index (χ0v) is 10.5. The molecule has 0 radical (unpaired) electrons. The molecule has 1 aliphatic carbocycles. The molecule has 0 amide bonds. The fraction of sp³-hybridized carbons (Fsp3) is 0.333. The predicted octanol–water partition coefficient (Wildman–Crippen LogP) is 2.64. The molecular weight excluding hydrogens is 226 g/mol. The number of rotatable bonds is 4. The summed E-state index contributed by atoms with van der Waals surface area (Å²) in [5.41, 5.74) is 7.55. The molecule has 2 rings (SSSR count). The fourth-order valence-corrected chi connectivity index (χ4v) is 2.29. The number of nitrogens with two attached hydrogens (primary N) is 1. The molecule has 0 fully saturated rings. The van der Waals surface area contributed by atoms with E-state index in [1.807, 2.05) is 12.1 Å². The van der Waals surface area contributed by atoms with E-state index in [-0.39, 0.29) is 17.3 Å². The molecule has 0 saturated carbocycles. The zero-order valence-electron chi connectivity index (χ0n) is 10.5. The largest absolute Gasteiger partial charge is 0.395 e. The highest BCUT2D eigenvalue weighted by molar-refractivity contribution is 6.24. The molecule has 0 heterocycles. The van der Waals surface area contributed by atoms with Crippen molar-refractivity contribution in [2.45, 2.75) is 32.6 Å². The van der Waals surface area contributed by atoms with E-state index in [1.54, 1.807) is 6.07 Å². The molecule has 0 aliphatic heterocycles. The molecule has 3 nitrogen and oxygen atoms in total. The Morgan fingerprint density at radius 2 is 1.94 bits per heavy atom. The summed E-state index contributed by atoms with van der Waals surface area (Å²) >= 11 is 0. The summed E-state index contributed by atoms with van der Waals surface area (Å²) in [5, 5.41) is 0. The van der Waals surface area contributed by atoms with Crippen LogP contribution in [0.25, 0.3) is 0 Å². The van der Waals surface area contributed by atoms with Gasteiger partial charge < -0.3 is 5.73 Å². The minimum Gasteiger partial charge on any atom is -0.395 e. The minimum absolute atomic E-state index is 0.0400. The highest BCUT2D eigenvalue weighted by atomic mass is 16.1. The molecule has 3 heteroatoms. The van der Waals surface area contributed by atoms with Gasteiger partial charge in [0.15, 0.2) is 5.78 Å². The van der Waals surface area contributed by atoms with Crippen LogP contribution in [0.3, 0.4) is 0 Å². The van der Waals surface area contributed by atoms with Crippen molar-refractivity contribution in [3.63, 3.8) is 0 Å². The number of hydrogen-bond donors (Lipinski definition) is 1. The van der Waals surface area contributed by atoms with Crippen molar-refractivity contribution >= 4 is 11.6 Å². The SMILES string of the molecule is CCCCCc1cccc2c1C(=O)C=C(N)C2=O. The third-order valence-electron chi connectivity index (χ3n) is 3.24. The monoisotopic (exact) mass is 243 g/mol. The van der Waals surface area contributed by atoms with Crippen molar-refractivity contribution in [1.82, 2.24) is 0 Å². The molecular formula is C15H17NO2. The minimum atomic E-state index is -0.234. The maximum Gasteiger partial charge on any atom is 0.209 e. The summed E-state index contributed by atoms with van der Waals surface area (Å²) in [7, 11) is 0. The standard InChI is InChI=1S/C15H17NO2/c1-2-3-4-6-10-7-5-8-11-14(10)13(17)9-12(16)15(11)18/h5,7-9H,2-4,6,16H2,1H3. The topological polar surface area (TPSA) is 60.2 Å². The first-order valence-electron chi connectivity index (χ1n) is 6.33. The van der Waals surface area contributed by atoms with Crippen molar-refractivity contribution in [1.29, 1.82) is 0 Å². The summed E-state index contributed by atoms with van der Waals surface area (Å²) in [6.45, 7) is 2.14. The van der Waals surface area contributed by atoms with E-state index < -0.39 is 0 Å². The number of aryl methyl sites for hydroxylation is 1. The van der Waals surface area contributed by atoms with Crippen LogP contribution in [0.4, 0.5) is 0 Å². The first-order valence-corrected chi connectivity index (χ1v) is 6.33. The molecule has 1 aromatic carbocycles. The Labute approximate surface area is 107 Å². The summed E-state index contributed by atoms with van der Waals surface area (Å²) in [4.78, 5) is 23.9. The van der Waals surface area contributed by atoms with Crippen LogP contribution in [-0.2, 0) is 6.42 Å². The van der Waals surface area contributed by atoms with E-state index in [1.165, 1.54) is 6.08 Å². The molecule has 1 aliphatic rings. The number of ketones is 2. The van der Waals surface area contributed by atoms with Gasteiger partial charge in [0, 0.05) is 17.2 Å². The normalized spacial score (nSPS) is 14.4. The van der Waals surface area contributed by atoms with Crippen LogP contribution in [0.5, 0.6) is 0 Å². The van der Waals surface area contributed by atoms with Gasteiger partial charge in [-0.15, -0.1) is 0 Å². The van der Waals surface area contributed by atoms with Gasteiger partial charge in [0.25, 0.3) is 0 Å². The van der Waals surface area contributed by atoms with Crippen molar-refractivity contribution in [2.75, 3.05) is 0 Å². The van der Waals surface area contributed by atoms with Gasteiger partial charge in [0.05, 0.1) is 5.70 Å². The average molecular weight is 243 g/mol. The third kappa shape index (κ3) is 2.21. The van der Waals surface area contributed by atoms with Crippen molar-refractivity contribution in [3.8, 4) is 0 Å². The fourth-order valence-electron chi connectivity index (χ4n) is 2.29. The number of benzene rings is 1. The van der Waals surface area contributed by atoms with Gasteiger partial charge in [-0.05, 0) is 18.4 Å². The second-order valence-electron chi connectivity index (χ2n) is 4.59. The van der Waals surface area contributed by atoms with Crippen molar-refractivity contribution in [3.05, 3.63) is 46.7 Å². The number of Topliss-reactive ketones (excluding diaryl/α,β-unsaturated/α-hetero) is 1. The Morgan fingerprint density at radius 1 is 1.17 bits per heavy atom. The van der Waals surface area contributed by atoms with Gasteiger partial charge in [-0.2, -0.15) is 0 Å². The molecule has 0 saturated heterocycles. The molecule has 0 aromatic heterocycles. The highest BCUT2D eigenvalue weighted by Gasteiger charge is 2.25. The number of unbranched alkanes of at least 4 members (excludes halogenated alkanes) is 2. The lowest BCUT2D eigenvalue weighted by Gasteiger charge is -2.16. The summed E-state index contributed by atoms with van der Waals surface area (Å²) in [6, 6.07) is 5.43. The van der Waals surface area contributed by atoms with Crippen LogP contribution < -0.4 is 5.73 Å². The zero-order chi connectivity index (χ0) is 13.1. The van der Waals surface area contributed by atoms with Crippen LogP contribution in [0.1, 0.15) is 52.5 Å². The van der Waals surface area contributed by atoms with Crippen LogP contribution in [-0.4, -0.2) is 11.6 Å². The van der Waals surface area contributed by atoms with E-state index in [2.05, 4.69) is 6.92 Å². The van der Waals surface area contributed by atoms with E-state index in [9.17, 15) is 9.59 Å². The molecule has 0 unspecified atom stereocenters. The van der Waals surface area contributed by atoms with Crippen LogP contribution in [0.15, 0.2) is 30.0 Å². The molecule has 2 N–H and O–H groups in total. The molecule has 1 aromatic rings. The van der Waals surface area contributed by atoms with Crippen molar-refractivity contribution in [2.24, 2.45) is 5.73 Å². The third-order valence-corrected chi connectivity index (χ3v) is 3.24. The lowest BCUT2D eigenvalue weighted by Crippen LogP contribution is -2.23. The molecule has 0 bridgehead atoms. The van der Waals surface area contributed by atoms with Gasteiger partial charge >= 0.3 is 0 Å². The Balaban J connectivity index is 2.37. The average Bonchev–Trinajstić information content (AvgIpc) is 2.36. The maximum atomic E-state index is 12.0. The summed E-state index contributed by atoms with van der Waals surface area (Å²) < 4.78 is 0. The Bertz CT molecular complexity index is 529. The van der Waals surface area contributed by atoms with Gasteiger partial charge in [-0.25, -0.2) is 0 Å². The Hall–Kier alpha value is -1.90. The molecule has 0 spiro atoms. The number of allylic oxidation sites excluding steroid dienone is 2. The van der Waals surface area contributed by atoms with Gasteiger partial charge in [0.1, 0.15) is 0 Å². The van der Waals surface area contributed by atoms with Gasteiger partial charge in [-0.1, -0.05) is 38.0 Å². The van der Waals surface area contributed by atoms with Crippen LogP contribution >= 0.6 is 0 Å². The first-order chi connectivity index (χ1) is 8.65. The Kier molecular flexibility index (Phi) is 3.60. The highest BCUT2D eigenvalue weighted by Crippen LogP contribution is 2.24. The second kappa shape index (κ2) is 5.17. The maximum absolute atomic E-state index is 12.0. The molecule has 94 valence electrons. The molecule has 18 heavy (non-hydrogen) atoms. The smallest absolute Gasteiger partial charge is 0.209 e. The number of carbonyl (C=O) groups excluding carboxylic acids is 2. The van der Waals surface area contributed by atoms with Gasteiger partial charge in [-0.3, -0.25) is 9.59 Å². The number of hydrogen-bond acceptors (Lipinski definition) is 3. The van der Waals surface area contributed by atoms with E-state index in [0.29, 0.717) is 11.1 Å². The van der Waals surface area contributed by atoms with E-state index in [0.717, 1.165) is 31.2 Å². The van der Waals surface area contributed by atoms with Gasteiger partial charge in [0.2, 0.25) is 5.78 Å². The van der Waals surface area contributed by atoms with E-state index in [4.69, 9.17) is 5.73 Å². The second-order valence-corrected chi connectivity index (χ2v) is 4.59. The van der Waals surface area contributed by atoms with Crippen LogP contribution in [0.2, 0.25) is 0 Å². The number of fused-ring (bicyclic) bond motifs is 1. The number of carbonyl (C=O) groups is 2. The quantitative estimate of drug-likeness (QED) is 0.827. The Morgan fingerprint density at radius 3 is 2.67 bits per heavy atom. The summed E-state index contributed by atoms with van der Waals surface area (Å²) in [6.07, 6.45) is 5.38. The summed E-state index contributed by atoms with van der Waals surface area (Å²) in [5.74, 6) is -0.379. The lowest BCUT2D eigenvalue weighted by atomic mass is 9.87. The van der Waals surface area contributed by atoms with E-state index >= 15 is 0 Å². The van der Waals surface area contributed by atoms with Crippen molar-refractivity contribution < 1.29 is 9.59 Å². The first kappa shape index (κ1) is 12.6.